The quantitative estimate of drug-likeness (QED) is 0.838. The summed E-state index contributed by atoms with van der Waals surface area (Å²) in [5.74, 6) is -1.40. The Morgan fingerprint density at radius 1 is 1.44 bits per heavy atom. The maximum atomic E-state index is 11.8. The molecule has 96 valence electrons. The van der Waals surface area contributed by atoms with Crippen molar-refractivity contribution >= 4 is 27.8 Å². The molecule has 0 heterocycles. The zero-order chi connectivity index (χ0) is 13.3. The fraction of sp³-hybridized carbons (Fsp3) is 0.385. The molecule has 1 aromatic rings. The fourth-order valence-corrected chi connectivity index (χ4v) is 2.34. The number of carboxylic acids is 1. The van der Waals surface area contributed by atoms with Gasteiger partial charge in [0.25, 0.3) is 0 Å². The molecular formula is C13H14BrNO3. The fourth-order valence-electron chi connectivity index (χ4n) is 1.87. The van der Waals surface area contributed by atoms with Crippen molar-refractivity contribution in [2.24, 2.45) is 5.41 Å². The van der Waals surface area contributed by atoms with Crippen molar-refractivity contribution in [1.29, 1.82) is 0 Å². The molecule has 0 radical (unpaired) electrons. The summed E-state index contributed by atoms with van der Waals surface area (Å²) < 4.78 is 0.985. The summed E-state index contributed by atoms with van der Waals surface area (Å²) in [5, 5.41) is 11.7. The van der Waals surface area contributed by atoms with Gasteiger partial charge in [-0.2, -0.15) is 0 Å². The van der Waals surface area contributed by atoms with Crippen LogP contribution in [0.25, 0.3) is 0 Å². The second-order valence-corrected chi connectivity index (χ2v) is 5.56. The van der Waals surface area contributed by atoms with E-state index in [1.807, 2.05) is 25.1 Å². The number of amides is 1. The molecule has 1 amide bonds. The Bertz CT molecular complexity index is 509. The zero-order valence-corrected chi connectivity index (χ0v) is 11.6. The van der Waals surface area contributed by atoms with E-state index in [0.29, 0.717) is 19.4 Å². The topological polar surface area (TPSA) is 66.4 Å². The number of carbonyl (C=O) groups is 2. The van der Waals surface area contributed by atoms with Gasteiger partial charge in [-0.3, -0.25) is 9.59 Å². The van der Waals surface area contributed by atoms with Gasteiger partial charge in [-0.05, 0) is 43.0 Å². The van der Waals surface area contributed by atoms with Crippen molar-refractivity contribution in [2.75, 3.05) is 0 Å². The van der Waals surface area contributed by atoms with Crippen LogP contribution >= 0.6 is 15.9 Å². The van der Waals surface area contributed by atoms with E-state index in [9.17, 15) is 9.59 Å². The molecule has 1 aromatic carbocycles. The molecule has 0 bridgehead atoms. The van der Waals surface area contributed by atoms with Crippen LogP contribution in [0.3, 0.4) is 0 Å². The van der Waals surface area contributed by atoms with Crippen molar-refractivity contribution in [2.45, 2.75) is 26.3 Å². The van der Waals surface area contributed by atoms with Crippen LogP contribution in [0.15, 0.2) is 22.7 Å². The molecule has 0 aromatic heterocycles. The van der Waals surface area contributed by atoms with Crippen LogP contribution in [0.4, 0.5) is 0 Å². The lowest BCUT2D eigenvalue weighted by Gasteiger charge is -2.12. The predicted molar refractivity (Wildman–Crippen MR) is 70.0 cm³/mol. The molecule has 4 nitrogen and oxygen atoms in total. The lowest BCUT2D eigenvalue weighted by molar-refractivity contribution is -0.149. The summed E-state index contributed by atoms with van der Waals surface area (Å²) >= 11 is 3.37. The monoisotopic (exact) mass is 311 g/mol. The molecular weight excluding hydrogens is 298 g/mol. The van der Waals surface area contributed by atoms with Crippen molar-refractivity contribution in [3.05, 3.63) is 33.8 Å². The molecule has 0 saturated heterocycles. The number of rotatable bonds is 4. The highest BCUT2D eigenvalue weighted by Gasteiger charge is 2.56. The second-order valence-electron chi connectivity index (χ2n) is 4.64. The van der Waals surface area contributed by atoms with E-state index < -0.39 is 11.4 Å². The van der Waals surface area contributed by atoms with Gasteiger partial charge >= 0.3 is 5.97 Å². The summed E-state index contributed by atoms with van der Waals surface area (Å²) in [6.45, 7) is 2.32. The minimum absolute atomic E-state index is 0.368. The zero-order valence-electron chi connectivity index (χ0n) is 10.00. The van der Waals surface area contributed by atoms with Crippen LogP contribution < -0.4 is 5.32 Å². The Balaban J connectivity index is 2.00. The number of benzene rings is 1. The van der Waals surface area contributed by atoms with Crippen LogP contribution in [0.1, 0.15) is 24.0 Å². The Morgan fingerprint density at radius 3 is 2.61 bits per heavy atom. The highest BCUT2D eigenvalue weighted by atomic mass is 79.9. The smallest absolute Gasteiger partial charge is 0.319 e. The van der Waals surface area contributed by atoms with Gasteiger partial charge in [0.05, 0.1) is 0 Å². The van der Waals surface area contributed by atoms with E-state index in [1.54, 1.807) is 0 Å². The summed E-state index contributed by atoms with van der Waals surface area (Å²) in [4.78, 5) is 22.8. The lowest BCUT2D eigenvalue weighted by Crippen LogP contribution is -2.36. The van der Waals surface area contributed by atoms with Crippen molar-refractivity contribution in [3.63, 3.8) is 0 Å². The molecule has 0 aliphatic heterocycles. The summed E-state index contributed by atoms with van der Waals surface area (Å²) in [5.41, 5.74) is 0.890. The van der Waals surface area contributed by atoms with Crippen LogP contribution in [0.5, 0.6) is 0 Å². The summed E-state index contributed by atoms with van der Waals surface area (Å²) in [6, 6.07) is 5.78. The van der Waals surface area contributed by atoms with Gasteiger partial charge in [-0.15, -0.1) is 0 Å². The molecule has 1 aliphatic rings. The van der Waals surface area contributed by atoms with Crippen molar-refractivity contribution in [1.82, 2.24) is 5.32 Å². The summed E-state index contributed by atoms with van der Waals surface area (Å²) in [6.07, 6.45) is 0.876. The lowest BCUT2D eigenvalue weighted by atomic mass is 10.1. The first kappa shape index (κ1) is 13.1. The van der Waals surface area contributed by atoms with Gasteiger partial charge in [-0.25, -0.2) is 0 Å². The molecule has 5 heteroatoms. The molecule has 0 atom stereocenters. The number of aliphatic carboxylic acids is 1. The molecule has 1 fully saturated rings. The minimum Gasteiger partial charge on any atom is -0.480 e. The Morgan fingerprint density at radius 2 is 2.11 bits per heavy atom. The molecule has 18 heavy (non-hydrogen) atoms. The van der Waals surface area contributed by atoms with E-state index in [-0.39, 0.29) is 5.91 Å². The first-order chi connectivity index (χ1) is 8.45. The predicted octanol–water partition coefficient (Wildman–Crippen LogP) is 2.24. The van der Waals surface area contributed by atoms with Gasteiger partial charge in [0.2, 0.25) is 5.91 Å². The highest BCUT2D eigenvalue weighted by molar-refractivity contribution is 9.10. The van der Waals surface area contributed by atoms with Gasteiger partial charge in [-0.1, -0.05) is 22.0 Å². The number of hydrogen-bond acceptors (Lipinski definition) is 2. The summed E-state index contributed by atoms with van der Waals surface area (Å²) in [7, 11) is 0. The molecule has 0 spiro atoms. The second kappa shape index (κ2) is 4.72. The van der Waals surface area contributed by atoms with Crippen LogP contribution in [0, 0.1) is 12.3 Å². The average Bonchev–Trinajstić information content (AvgIpc) is 3.08. The first-order valence-corrected chi connectivity index (χ1v) is 6.52. The highest BCUT2D eigenvalue weighted by Crippen LogP contribution is 2.46. The number of nitrogens with one attached hydrogen (secondary N) is 1. The van der Waals surface area contributed by atoms with Crippen LogP contribution in [-0.2, 0) is 16.1 Å². The largest absolute Gasteiger partial charge is 0.480 e. The molecule has 0 unspecified atom stereocenters. The standard InChI is InChI=1S/C13H14BrNO3/c1-8-6-10(14)3-2-9(8)7-15-11(16)13(4-5-13)12(17)18/h2-3,6H,4-5,7H2,1H3,(H,15,16)(H,17,18). The SMILES string of the molecule is Cc1cc(Br)ccc1CNC(=O)C1(C(=O)O)CC1. The van der Waals surface area contributed by atoms with Crippen LogP contribution in [-0.4, -0.2) is 17.0 Å². The number of aryl methyl sites for hydroxylation is 1. The van der Waals surface area contributed by atoms with E-state index in [1.165, 1.54) is 0 Å². The number of halogens is 1. The Hall–Kier alpha value is -1.36. The maximum Gasteiger partial charge on any atom is 0.319 e. The Kier molecular flexibility index (Phi) is 3.43. The third kappa shape index (κ3) is 2.41. The molecule has 1 saturated carbocycles. The normalized spacial score (nSPS) is 16.1. The molecule has 2 rings (SSSR count). The third-order valence-corrected chi connectivity index (χ3v) is 3.83. The number of carbonyl (C=O) groups excluding carboxylic acids is 1. The number of hydrogen-bond donors (Lipinski definition) is 2. The third-order valence-electron chi connectivity index (χ3n) is 3.34. The average molecular weight is 312 g/mol. The number of carboxylic acid groups (broad SMARTS) is 1. The van der Waals surface area contributed by atoms with Gasteiger partial charge in [0.1, 0.15) is 5.41 Å². The Labute approximate surface area is 114 Å². The first-order valence-electron chi connectivity index (χ1n) is 5.72. The van der Waals surface area contributed by atoms with E-state index in [4.69, 9.17) is 5.11 Å². The van der Waals surface area contributed by atoms with E-state index >= 15 is 0 Å². The van der Waals surface area contributed by atoms with Crippen LogP contribution in [0.2, 0.25) is 0 Å². The van der Waals surface area contributed by atoms with Gasteiger partial charge < -0.3 is 10.4 Å². The van der Waals surface area contributed by atoms with Gasteiger partial charge in [0, 0.05) is 11.0 Å². The molecule has 1 aliphatic carbocycles. The van der Waals surface area contributed by atoms with Crippen molar-refractivity contribution < 1.29 is 14.7 Å². The molecule has 2 N–H and O–H groups in total. The van der Waals surface area contributed by atoms with E-state index in [0.717, 1.165) is 15.6 Å². The maximum absolute atomic E-state index is 11.8. The minimum atomic E-state index is -1.16. The van der Waals surface area contributed by atoms with Gasteiger partial charge in [0.15, 0.2) is 0 Å². The van der Waals surface area contributed by atoms with E-state index in [2.05, 4.69) is 21.2 Å². The van der Waals surface area contributed by atoms with Crippen molar-refractivity contribution in [3.8, 4) is 0 Å².